The SMILES string of the molecule is C1=C(c2nnc(-c3ccc4c(c3)c3ccccc3n4-c3ccccc3)o2)c2c(n(-c3nc(-c4ccccc4)cc(-c4ccccc4)n3)c3ccccc23)CC1. The first-order chi connectivity index (χ1) is 27.3. The van der Waals surface area contributed by atoms with E-state index < -0.39 is 0 Å². The van der Waals surface area contributed by atoms with E-state index in [0.717, 1.165) is 90.8 Å². The van der Waals surface area contributed by atoms with Gasteiger partial charge in [0, 0.05) is 55.4 Å². The van der Waals surface area contributed by atoms with E-state index in [0.29, 0.717) is 17.7 Å². The molecule has 0 N–H and O–H groups in total. The fraction of sp³-hybridized carbons (Fsp3) is 0.0417. The largest absolute Gasteiger partial charge is 0.416 e. The minimum absolute atomic E-state index is 0.483. The predicted octanol–water partition coefficient (Wildman–Crippen LogP) is 11.3. The summed E-state index contributed by atoms with van der Waals surface area (Å²) in [7, 11) is 0. The zero-order valence-corrected chi connectivity index (χ0v) is 29.7. The summed E-state index contributed by atoms with van der Waals surface area (Å²) in [5.74, 6) is 1.61. The molecular formula is C48H32N6O. The minimum atomic E-state index is 0.483. The van der Waals surface area contributed by atoms with Crippen LogP contribution in [0.5, 0.6) is 0 Å². The minimum Gasteiger partial charge on any atom is -0.416 e. The Balaban J connectivity index is 1.04. The van der Waals surface area contributed by atoms with Crippen LogP contribution in [0.15, 0.2) is 174 Å². The number of allylic oxidation sites excluding steroid dienone is 1. The first-order valence-corrected chi connectivity index (χ1v) is 18.5. The molecule has 0 saturated carbocycles. The summed E-state index contributed by atoms with van der Waals surface area (Å²) in [5.41, 5.74) is 12.2. The van der Waals surface area contributed by atoms with Gasteiger partial charge in [0.05, 0.1) is 27.9 Å². The molecule has 0 unspecified atom stereocenters. The highest BCUT2D eigenvalue weighted by Gasteiger charge is 2.28. The number of para-hydroxylation sites is 3. The standard InChI is InChI=1S/C48H32N6O/c1-4-15-31(16-5-1)39-30-40(32-17-6-2-7-18-32)50-48(49-39)54-42-25-13-11-22-36(42)45-37(23-14-26-44(45)54)47-52-51-46(55-47)33-27-28-43-38(29-33)35-21-10-12-24-41(35)53(43)34-19-8-3-9-20-34/h1-13,15-25,27-30H,14,26H2. The van der Waals surface area contributed by atoms with Crippen molar-refractivity contribution in [3.05, 3.63) is 187 Å². The van der Waals surface area contributed by atoms with Crippen LogP contribution in [0.4, 0.5) is 0 Å². The fourth-order valence-electron chi connectivity index (χ4n) is 8.17. The molecule has 11 rings (SSSR count). The summed E-state index contributed by atoms with van der Waals surface area (Å²) in [4.78, 5) is 10.4. The Hall–Kier alpha value is -7.38. The maximum atomic E-state index is 6.60. The van der Waals surface area contributed by atoms with Crippen molar-refractivity contribution in [3.8, 4) is 45.6 Å². The molecule has 4 heterocycles. The monoisotopic (exact) mass is 708 g/mol. The summed E-state index contributed by atoms with van der Waals surface area (Å²) in [6.07, 6.45) is 3.85. The molecule has 260 valence electrons. The van der Waals surface area contributed by atoms with Crippen molar-refractivity contribution in [3.63, 3.8) is 0 Å². The maximum absolute atomic E-state index is 6.60. The number of fused-ring (bicyclic) bond motifs is 6. The molecule has 1 aliphatic carbocycles. The molecule has 0 saturated heterocycles. The van der Waals surface area contributed by atoms with E-state index >= 15 is 0 Å². The van der Waals surface area contributed by atoms with Crippen LogP contribution in [0, 0.1) is 0 Å². The van der Waals surface area contributed by atoms with Crippen molar-refractivity contribution in [2.24, 2.45) is 0 Å². The zero-order valence-electron chi connectivity index (χ0n) is 29.7. The van der Waals surface area contributed by atoms with Gasteiger partial charge in [-0.05, 0) is 61.4 Å². The van der Waals surface area contributed by atoms with Crippen LogP contribution in [0.3, 0.4) is 0 Å². The molecule has 1 aliphatic rings. The van der Waals surface area contributed by atoms with Crippen molar-refractivity contribution in [2.75, 3.05) is 0 Å². The lowest BCUT2D eigenvalue weighted by atomic mass is 9.94. The van der Waals surface area contributed by atoms with Gasteiger partial charge < -0.3 is 8.98 Å². The molecule has 55 heavy (non-hydrogen) atoms. The normalized spacial score (nSPS) is 12.7. The molecule has 6 aromatic carbocycles. The van der Waals surface area contributed by atoms with E-state index in [4.69, 9.17) is 14.4 Å². The summed E-state index contributed by atoms with van der Waals surface area (Å²) < 4.78 is 11.1. The van der Waals surface area contributed by atoms with Gasteiger partial charge in [-0.3, -0.25) is 4.57 Å². The lowest BCUT2D eigenvalue weighted by molar-refractivity contribution is 0.553. The molecule has 4 aromatic heterocycles. The number of benzene rings is 6. The van der Waals surface area contributed by atoms with Gasteiger partial charge in [-0.15, -0.1) is 10.2 Å². The molecule has 0 spiro atoms. The van der Waals surface area contributed by atoms with Crippen LogP contribution < -0.4 is 0 Å². The smallest absolute Gasteiger partial charge is 0.248 e. The van der Waals surface area contributed by atoms with Gasteiger partial charge in [-0.1, -0.05) is 121 Å². The molecule has 0 atom stereocenters. The molecule has 10 aromatic rings. The first-order valence-electron chi connectivity index (χ1n) is 18.5. The van der Waals surface area contributed by atoms with Crippen molar-refractivity contribution in [1.29, 1.82) is 0 Å². The van der Waals surface area contributed by atoms with Gasteiger partial charge >= 0.3 is 0 Å². The topological polar surface area (TPSA) is 74.6 Å². The Bertz CT molecular complexity index is 3030. The van der Waals surface area contributed by atoms with Gasteiger partial charge in [0.15, 0.2) is 0 Å². The molecule has 0 radical (unpaired) electrons. The number of hydrogen-bond acceptors (Lipinski definition) is 5. The van der Waals surface area contributed by atoms with Crippen LogP contribution in [0.1, 0.15) is 23.6 Å². The highest BCUT2D eigenvalue weighted by atomic mass is 16.4. The highest BCUT2D eigenvalue weighted by molar-refractivity contribution is 6.10. The van der Waals surface area contributed by atoms with Crippen LogP contribution in [-0.2, 0) is 6.42 Å². The lowest BCUT2D eigenvalue weighted by Gasteiger charge is -2.16. The van der Waals surface area contributed by atoms with Gasteiger partial charge in [-0.2, -0.15) is 0 Å². The third-order valence-corrected chi connectivity index (χ3v) is 10.6. The van der Waals surface area contributed by atoms with E-state index in [-0.39, 0.29) is 0 Å². The summed E-state index contributed by atoms with van der Waals surface area (Å²) in [6.45, 7) is 0. The van der Waals surface area contributed by atoms with Gasteiger partial charge in [0.25, 0.3) is 0 Å². The predicted molar refractivity (Wildman–Crippen MR) is 219 cm³/mol. The maximum Gasteiger partial charge on any atom is 0.248 e. The Kier molecular flexibility index (Phi) is 7.16. The van der Waals surface area contributed by atoms with Crippen molar-refractivity contribution >= 4 is 38.3 Å². The Morgan fingerprint density at radius 2 is 1.05 bits per heavy atom. The second-order valence-electron chi connectivity index (χ2n) is 13.8. The van der Waals surface area contributed by atoms with Crippen molar-refractivity contribution in [1.82, 2.24) is 29.3 Å². The average Bonchev–Trinajstić information content (AvgIpc) is 3.98. The first kappa shape index (κ1) is 31.2. The quantitative estimate of drug-likeness (QED) is 0.172. The number of hydrogen-bond donors (Lipinski definition) is 0. The van der Waals surface area contributed by atoms with Gasteiger partial charge in [0.1, 0.15) is 0 Å². The fourth-order valence-corrected chi connectivity index (χ4v) is 8.17. The van der Waals surface area contributed by atoms with Crippen molar-refractivity contribution in [2.45, 2.75) is 12.8 Å². The van der Waals surface area contributed by atoms with Crippen LogP contribution >= 0.6 is 0 Å². The van der Waals surface area contributed by atoms with E-state index in [9.17, 15) is 0 Å². The highest BCUT2D eigenvalue weighted by Crippen LogP contribution is 2.41. The summed E-state index contributed by atoms with van der Waals surface area (Å²) >= 11 is 0. The number of aromatic nitrogens is 6. The lowest BCUT2D eigenvalue weighted by Crippen LogP contribution is -2.10. The van der Waals surface area contributed by atoms with E-state index in [1.807, 2.05) is 42.5 Å². The summed E-state index contributed by atoms with van der Waals surface area (Å²) in [6, 6.07) is 56.5. The second kappa shape index (κ2) is 12.6. The van der Waals surface area contributed by atoms with Gasteiger partial charge in [-0.25, -0.2) is 9.97 Å². The second-order valence-corrected chi connectivity index (χ2v) is 13.8. The molecule has 0 amide bonds. The Labute approximate surface area is 316 Å². The third kappa shape index (κ3) is 5.12. The van der Waals surface area contributed by atoms with Gasteiger partial charge in [0.2, 0.25) is 17.7 Å². The molecule has 7 heteroatoms. The van der Waals surface area contributed by atoms with Crippen LogP contribution in [-0.4, -0.2) is 29.3 Å². The Morgan fingerprint density at radius 1 is 0.473 bits per heavy atom. The molecule has 0 aliphatic heterocycles. The van der Waals surface area contributed by atoms with E-state index in [2.05, 4.69) is 147 Å². The molecule has 0 bridgehead atoms. The Morgan fingerprint density at radius 3 is 1.76 bits per heavy atom. The zero-order chi connectivity index (χ0) is 36.3. The van der Waals surface area contributed by atoms with E-state index in [1.165, 1.54) is 5.39 Å². The molecule has 7 nitrogen and oxygen atoms in total. The average molecular weight is 709 g/mol. The molecule has 0 fully saturated rings. The van der Waals surface area contributed by atoms with Crippen LogP contribution in [0.25, 0.3) is 83.9 Å². The summed E-state index contributed by atoms with van der Waals surface area (Å²) in [5, 5.41) is 12.7. The van der Waals surface area contributed by atoms with Crippen LogP contribution in [0.2, 0.25) is 0 Å². The van der Waals surface area contributed by atoms with Crippen molar-refractivity contribution < 1.29 is 4.42 Å². The molecular weight excluding hydrogens is 677 g/mol. The number of rotatable bonds is 6. The van der Waals surface area contributed by atoms with E-state index in [1.54, 1.807) is 0 Å². The third-order valence-electron chi connectivity index (χ3n) is 10.6. The number of nitrogens with zero attached hydrogens (tertiary/aromatic N) is 6.